The third-order valence-corrected chi connectivity index (χ3v) is 3.34. The normalized spacial score (nSPS) is 20.6. The van der Waals surface area contributed by atoms with Gasteiger partial charge in [-0.3, -0.25) is 9.10 Å². The number of rotatable bonds is 1. The molecule has 1 saturated heterocycles. The lowest BCUT2D eigenvalue weighted by Crippen LogP contribution is -2.27. The predicted octanol–water partition coefficient (Wildman–Crippen LogP) is 2.00. The molecule has 1 amide bonds. The van der Waals surface area contributed by atoms with Crippen LogP contribution in [0.15, 0.2) is 0 Å². The van der Waals surface area contributed by atoms with Crippen LogP contribution in [0.3, 0.4) is 0 Å². The summed E-state index contributed by atoms with van der Waals surface area (Å²) in [6.45, 7) is 0.937. The molecular weight excluding hydrogens is 249 g/mol. The molecule has 0 radical (unpaired) electrons. The molecule has 1 aliphatic rings. The molecule has 0 unspecified atom stereocenters. The van der Waals surface area contributed by atoms with Gasteiger partial charge < -0.3 is 0 Å². The minimum Gasteiger partial charge on any atom is -0.278 e. The lowest BCUT2D eigenvalue weighted by atomic mass is 10.2. The average Bonchev–Trinajstić information content (AvgIpc) is 1.89. The fourth-order valence-corrected chi connectivity index (χ4v) is 2.47. The van der Waals surface area contributed by atoms with Gasteiger partial charge in [-0.25, -0.2) is 0 Å². The summed E-state index contributed by atoms with van der Waals surface area (Å²) in [6.07, 6.45) is 2.99. The van der Waals surface area contributed by atoms with Gasteiger partial charge in [0.05, 0.1) is 0 Å². The fraction of sp³-hybridized carbons (Fsp3) is 0.800. The van der Waals surface area contributed by atoms with Gasteiger partial charge in [-0.1, -0.05) is 0 Å². The van der Waals surface area contributed by atoms with Crippen LogP contribution in [0.1, 0.15) is 19.3 Å². The van der Waals surface area contributed by atoms with Crippen molar-refractivity contribution in [3.63, 3.8) is 0 Å². The van der Waals surface area contributed by atoms with Crippen LogP contribution < -0.4 is 0 Å². The average molecular weight is 257 g/mol. The van der Waals surface area contributed by atoms with Crippen LogP contribution in [0.4, 0.5) is 0 Å². The summed E-state index contributed by atoms with van der Waals surface area (Å²) in [5.41, 5.74) is 0. The van der Waals surface area contributed by atoms with Crippen molar-refractivity contribution in [1.29, 1.82) is 0 Å². The van der Waals surface area contributed by atoms with Crippen LogP contribution in [0.5, 0.6) is 0 Å². The molecule has 0 saturated carbocycles. The van der Waals surface area contributed by atoms with Gasteiger partial charge in [0, 0.05) is 43.3 Å². The SMILES string of the molecule is O=C1CCCCN1SI. The summed E-state index contributed by atoms with van der Waals surface area (Å²) in [7, 11) is 1.51. The molecule has 1 heterocycles. The van der Waals surface area contributed by atoms with E-state index in [0.29, 0.717) is 5.91 Å². The summed E-state index contributed by atoms with van der Waals surface area (Å²) in [4.78, 5) is 10.9. The van der Waals surface area contributed by atoms with Gasteiger partial charge in [0.2, 0.25) is 5.91 Å². The molecule has 1 fully saturated rings. The molecule has 0 aromatic rings. The molecule has 9 heavy (non-hydrogen) atoms. The topological polar surface area (TPSA) is 20.3 Å². The maximum absolute atomic E-state index is 10.9. The molecule has 0 N–H and O–H groups in total. The highest BCUT2D eigenvalue weighted by Crippen LogP contribution is 2.23. The number of carbonyl (C=O) groups excluding carboxylic acids is 1. The lowest BCUT2D eigenvalue weighted by molar-refractivity contribution is -0.127. The minimum atomic E-state index is 0.292. The Labute approximate surface area is 71.1 Å². The molecule has 0 bridgehead atoms. The van der Waals surface area contributed by atoms with Gasteiger partial charge in [0.1, 0.15) is 0 Å². The number of amides is 1. The summed E-state index contributed by atoms with van der Waals surface area (Å²) in [6, 6.07) is 0. The van der Waals surface area contributed by atoms with Crippen LogP contribution in [-0.4, -0.2) is 16.8 Å². The van der Waals surface area contributed by atoms with Crippen molar-refractivity contribution in [3.8, 4) is 0 Å². The summed E-state index contributed by atoms with van der Waals surface area (Å²) in [5, 5.41) is 0. The molecule has 1 aliphatic heterocycles. The number of hydrogen-bond acceptors (Lipinski definition) is 2. The van der Waals surface area contributed by atoms with E-state index < -0.39 is 0 Å². The van der Waals surface area contributed by atoms with Crippen molar-refractivity contribution in [2.24, 2.45) is 0 Å². The van der Waals surface area contributed by atoms with E-state index in [1.807, 2.05) is 4.31 Å². The first kappa shape index (κ1) is 7.65. The maximum Gasteiger partial charge on any atom is 0.232 e. The first-order valence-corrected chi connectivity index (χ1v) is 6.25. The Balaban J connectivity index is 2.39. The molecule has 52 valence electrons. The Morgan fingerprint density at radius 3 is 2.78 bits per heavy atom. The second-order valence-corrected chi connectivity index (χ2v) is 3.78. The minimum absolute atomic E-state index is 0.292. The highest BCUT2D eigenvalue weighted by molar-refractivity contribution is 14.2. The molecular formula is C5H8INOS. The Morgan fingerprint density at radius 2 is 2.33 bits per heavy atom. The van der Waals surface area contributed by atoms with E-state index in [2.05, 4.69) is 21.2 Å². The third kappa shape index (κ3) is 2.00. The lowest BCUT2D eigenvalue weighted by Gasteiger charge is -2.22. The van der Waals surface area contributed by atoms with Gasteiger partial charge in [0.15, 0.2) is 0 Å². The summed E-state index contributed by atoms with van der Waals surface area (Å²) in [5.74, 6) is 0.292. The van der Waals surface area contributed by atoms with Crippen LogP contribution in [-0.2, 0) is 4.79 Å². The zero-order valence-corrected chi connectivity index (χ0v) is 7.94. The monoisotopic (exact) mass is 257 g/mol. The number of nitrogens with zero attached hydrogens (tertiary/aromatic N) is 1. The van der Waals surface area contributed by atoms with Crippen LogP contribution in [0, 0.1) is 0 Å². The molecule has 0 spiro atoms. The highest BCUT2D eigenvalue weighted by Gasteiger charge is 2.16. The van der Waals surface area contributed by atoms with Crippen LogP contribution in [0.2, 0.25) is 0 Å². The van der Waals surface area contributed by atoms with Gasteiger partial charge >= 0.3 is 0 Å². The Kier molecular flexibility index (Phi) is 3.11. The van der Waals surface area contributed by atoms with Crippen molar-refractivity contribution in [3.05, 3.63) is 0 Å². The second-order valence-electron chi connectivity index (χ2n) is 2.02. The highest BCUT2D eigenvalue weighted by atomic mass is 127. The Hall–Kier alpha value is 0.550. The van der Waals surface area contributed by atoms with E-state index >= 15 is 0 Å². The largest absolute Gasteiger partial charge is 0.278 e. The Bertz CT molecular complexity index is 120. The van der Waals surface area contributed by atoms with Crippen molar-refractivity contribution in [2.45, 2.75) is 19.3 Å². The van der Waals surface area contributed by atoms with Gasteiger partial charge in [-0.05, 0) is 12.8 Å². The number of piperidine rings is 1. The molecule has 4 heteroatoms. The van der Waals surface area contributed by atoms with Gasteiger partial charge in [0.25, 0.3) is 0 Å². The zero-order valence-electron chi connectivity index (χ0n) is 4.97. The quantitative estimate of drug-likeness (QED) is 0.529. The number of hydrogen-bond donors (Lipinski definition) is 0. The van der Waals surface area contributed by atoms with Gasteiger partial charge in [-0.15, -0.1) is 0 Å². The molecule has 0 aromatic heterocycles. The maximum atomic E-state index is 10.9. The standard InChI is InChI=1S/C5H8INOS/c6-9-7-4-2-1-3-5(7)8/h1-4H2. The molecule has 1 rings (SSSR count). The van der Waals surface area contributed by atoms with Crippen molar-refractivity contribution in [2.75, 3.05) is 6.54 Å². The van der Waals surface area contributed by atoms with E-state index in [4.69, 9.17) is 0 Å². The van der Waals surface area contributed by atoms with E-state index in [1.165, 1.54) is 15.5 Å². The molecule has 0 aliphatic carbocycles. The molecule has 2 nitrogen and oxygen atoms in total. The van der Waals surface area contributed by atoms with E-state index in [1.54, 1.807) is 0 Å². The zero-order chi connectivity index (χ0) is 6.69. The van der Waals surface area contributed by atoms with Crippen molar-refractivity contribution >= 4 is 36.2 Å². The first-order chi connectivity index (χ1) is 4.34. The van der Waals surface area contributed by atoms with Crippen LogP contribution in [0.25, 0.3) is 0 Å². The Morgan fingerprint density at radius 1 is 1.56 bits per heavy atom. The van der Waals surface area contributed by atoms with Crippen LogP contribution >= 0.6 is 30.3 Å². The van der Waals surface area contributed by atoms with E-state index in [0.717, 1.165) is 19.4 Å². The number of carbonyl (C=O) groups is 1. The first-order valence-electron chi connectivity index (χ1n) is 2.93. The second kappa shape index (κ2) is 3.65. The predicted molar refractivity (Wildman–Crippen MR) is 47.2 cm³/mol. The fourth-order valence-electron chi connectivity index (χ4n) is 0.854. The molecule has 0 atom stereocenters. The summed E-state index contributed by atoms with van der Waals surface area (Å²) < 4.78 is 1.82. The van der Waals surface area contributed by atoms with Crippen molar-refractivity contribution < 1.29 is 4.79 Å². The smallest absolute Gasteiger partial charge is 0.232 e. The number of halogens is 1. The third-order valence-electron chi connectivity index (χ3n) is 1.36. The van der Waals surface area contributed by atoms with E-state index in [9.17, 15) is 4.79 Å². The summed E-state index contributed by atoms with van der Waals surface area (Å²) >= 11 is 2.14. The van der Waals surface area contributed by atoms with Gasteiger partial charge in [-0.2, -0.15) is 0 Å². The van der Waals surface area contributed by atoms with Crippen molar-refractivity contribution in [1.82, 2.24) is 4.31 Å². The van der Waals surface area contributed by atoms with E-state index in [-0.39, 0.29) is 0 Å². The molecule has 0 aromatic carbocycles.